The highest BCUT2D eigenvalue weighted by molar-refractivity contribution is 5.81. The summed E-state index contributed by atoms with van der Waals surface area (Å²) in [7, 11) is 0. The van der Waals surface area contributed by atoms with Crippen LogP contribution >= 0.6 is 0 Å². The van der Waals surface area contributed by atoms with Gasteiger partial charge in [0.15, 0.2) is 0 Å². The molecule has 112 valence electrons. The van der Waals surface area contributed by atoms with E-state index in [1.165, 1.54) is 12.1 Å². The fourth-order valence-electron chi connectivity index (χ4n) is 2.51. The molecule has 2 atom stereocenters. The molecule has 0 aliphatic carbocycles. The SMILES string of the molecule is C[C@@H]1CN(C(=O)Cc2ccc([N+](=O)[O-])cc2)C[C@H]1C(=O)O. The molecule has 2 rings (SSSR count). The molecule has 0 unspecified atom stereocenters. The van der Waals surface area contributed by atoms with Crippen LogP contribution in [0.25, 0.3) is 0 Å². The molecule has 1 aromatic rings. The molecule has 7 nitrogen and oxygen atoms in total. The van der Waals surface area contributed by atoms with Crippen LogP contribution in [0.4, 0.5) is 5.69 Å². The number of nitro benzene ring substituents is 1. The van der Waals surface area contributed by atoms with Crippen molar-refractivity contribution in [2.45, 2.75) is 13.3 Å². The highest BCUT2D eigenvalue weighted by Gasteiger charge is 2.36. The maximum atomic E-state index is 12.1. The summed E-state index contributed by atoms with van der Waals surface area (Å²) < 4.78 is 0. The highest BCUT2D eigenvalue weighted by atomic mass is 16.6. The molecule has 0 bridgehead atoms. The zero-order chi connectivity index (χ0) is 15.6. The number of non-ortho nitro benzene ring substituents is 1. The van der Waals surface area contributed by atoms with Gasteiger partial charge in [0.2, 0.25) is 5.91 Å². The van der Waals surface area contributed by atoms with E-state index in [0.29, 0.717) is 12.1 Å². The van der Waals surface area contributed by atoms with Gasteiger partial charge >= 0.3 is 5.97 Å². The normalized spacial score (nSPS) is 21.3. The molecular weight excluding hydrogens is 276 g/mol. The van der Waals surface area contributed by atoms with E-state index in [4.69, 9.17) is 5.11 Å². The Kier molecular flexibility index (Phi) is 4.21. The monoisotopic (exact) mass is 292 g/mol. The largest absolute Gasteiger partial charge is 0.481 e. The van der Waals surface area contributed by atoms with Crippen molar-refractivity contribution in [1.29, 1.82) is 0 Å². The van der Waals surface area contributed by atoms with Crippen molar-refractivity contribution in [1.82, 2.24) is 4.90 Å². The number of hydrogen-bond acceptors (Lipinski definition) is 4. The lowest BCUT2D eigenvalue weighted by Gasteiger charge is -2.15. The Bertz CT molecular complexity index is 569. The Morgan fingerprint density at radius 2 is 1.95 bits per heavy atom. The number of aliphatic carboxylic acids is 1. The Hall–Kier alpha value is -2.44. The molecule has 1 N–H and O–H groups in total. The smallest absolute Gasteiger partial charge is 0.308 e. The van der Waals surface area contributed by atoms with Crippen molar-refractivity contribution >= 4 is 17.6 Å². The minimum atomic E-state index is -0.881. The molecule has 0 saturated carbocycles. The lowest BCUT2D eigenvalue weighted by molar-refractivity contribution is -0.384. The summed E-state index contributed by atoms with van der Waals surface area (Å²) in [6.07, 6.45) is 0.122. The van der Waals surface area contributed by atoms with Crippen LogP contribution in [0.1, 0.15) is 12.5 Å². The molecule has 1 fully saturated rings. The quantitative estimate of drug-likeness (QED) is 0.666. The number of benzene rings is 1. The predicted molar refractivity (Wildman–Crippen MR) is 73.7 cm³/mol. The molecule has 1 amide bonds. The van der Waals surface area contributed by atoms with Crippen LogP contribution in [0.3, 0.4) is 0 Å². The molecule has 7 heteroatoms. The maximum absolute atomic E-state index is 12.1. The number of likely N-dealkylation sites (tertiary alicyclic amines) is 1. The second-order valence-corrected chi connectivity index (χ2v) is 5.32. The summed E-state index contributed by atoms with van der Waals surface area (Å²) in [5, 5.41) is 19.6. The number of nitrogens with zero attached hydrogens (tertiary/aromatic N) is 2. The average Bonchev–Trinajstić information content (AvgIpc) is 2.81. The van der Waals surface area contributed by atoms with Gasteiger partial charge in [0.05, 0.1) is 17.3 Å². The standard InChI is InChI=1S/C14H16N2O5/c1-9-7-15(8-12(9)14(18)19)13(17)6-10-2-4-11(5-3-10)16(20)21/h2-5,9,12H,6-8H2,1H3,(H,18,19)/t9-,12-/m1/s1. The molecule has 1 aliphatic rings. The van der Waals surface area contributed by atoms with Crippen LogP contribution in [0.2, 0.25) is 0 Å². The Morgan fingerprint density at radius 1 is 1.33 bits per heavy atom. The zero-order valence-electron chi connectivity index (χ0n) is 11.6. The van der Waals surface area contributed by atoms with Crippen LogP contribution in [0, 0.1) is 22.0 Å². The van der Waals surface area contributed by atoms with Crippen molar-refractivity contribution in [2.24, 2.45) is 11.8 Å². The Balaban J connectivity index is 1.99. The van der Waals surface area contributed by atoms with Gasteiger partial charge in [-0.3, -0.25) is 19.7 Å². The van der Waals surface area contributed by atoms with E-state index in [1.807, 2.05) is 6.92 Å². The Labute approximate surface area is 121 Å². The second-order valence-electron chi connectivity index (χ2n) is 5.32. The van der Waals surface area contributed by atoms with Gasteiger partial charge in [-0.2, -0.15) is 0 Å². The van der Waals surface area contributed by atoms with E-state index in [-0.39, 0.29) is 30.5 Å². The maximum Gasteiger partial charge on any atom is 0.308 e. The summed E-state index contributed by atoms with van der Waals surface area (Å²) in [6.45, 7) is 2.48. The average molecular weight is 292 g/mol. The van der Waals surface area contributed by atoms with Crippen LogP contribution in [-0.4, -0.2) is 39.9 Å². The minimum absolute atomic E-state index is 0.0214. The first-order chi connectivity index (χ1) is 9.88. The first-order valence-corrected chi connectivity index (χ1v) is 6.62. The van der Waals surface area contributed by atoms with Crippen molar-refractivity contribution in [3.8, 4) is 0 Å². The number of carbonyl (C=O) groups excluding carboxylic acids is 1. The summed E-state index contributed by atoms with van der Waals surface area (Å²) in [6, 6.07) is 5.80. The highest BCUT2D eigenvalue weighted by Crippen LogP contribution is 2.24. The molecule has 0 aromatic heterocycles. The zero-order valence-corrected chi connectivity index (χ0v) is 11.6. The van der Waals surface area contributed by atoms with Gasteiger partial charge in [-0.1, -0.05) is 19.1 Å². The van der Waals surface area contributed by atoms with Gasteiger partial charge in [0.25, 0.3) is 5.69 Å². The molecule has 1 heterocycles. The molecule has 1 aromatic carbocycles. The number of rotatable bonds is 4. The van der Waals surface area contributed by atoms with Gasteiger partial charge in [-0.25, -0.2) is 0 Å². The lowest BCUT2D eigenvalue weighted by Crippen LogP contribution is -2.31. The molecule has 0 spiro atoms. The molecule has 1 aliphatic heterocycles. The third kappa shape index (κ3) is 3.36. The number of carbonyl (C=O) groups is 2. The van der Waals surface area contributed by atoms with Crippen molar-refractivity contribution < 1.29 is 19.6 Å². The Morgan fingerprint density at radius 3 is 2.43 bits per heavy atom. The van der Waals surface area contributed by atoms with Crippen LogP contribution in [-0.2, 0) is 16.0 Å². The molecule has 21 heavy (non-hydrogen) atoms. The van der Waals surface area contributed by atoms with Crippen LogP contribution in [0.15, 0.2) is 24.3 Å². The summed E-state index contributed by atoms with van der Waals surface area (Å²) >= 11 is 0. The van der Waals surface area contributed by atoms with Gasteiger partial charge in [0, 0.05) is 25.2 Å². The fraction of sp³-hybridized carbons (Fsp3) is 0.429. The van der Waals surface area contributed by atoms with E-state index in [0.717, 1.165) is 0 Å². The van der Waals surface area contributed by atoms with E-state index in [1.54, 1.807) is 17.0 Å². The summed E-state index contributed by atoms with van der Waals surface area (Å²) in [5.41, 5.74) is 0.656. The second kappa shape index (κ2) is 5.90. The van der Waals surface area contributed by atoms with Crippen molar-refractivity contribution in [2.75, 3.05) is 13.1 Å². The molecular formula is C14H16N2O5. The predicted octanol–water partition coefficient (Wildman–Crippen LogP) is 1.32. The van der Waals surface area contributed by atoms with Crippen LogP contribution < -0.4 is 0 Å². The third-order valence-electron chi connectivity index (χ3n) is 3.78. The van der Waals surface area contributed by atoms with Crippen molar-refractivity contribution in [3.05, 3.63) is 39.9 Å². The first kappa shape index (κ1) is 15.0. The van der Waals surface area contributed by atoms with Gasteiger partial charge in [-0.15, -0.1) is 0 Å². The number of hydrogen-bond donors (Lipinski definition) is 1. The third-order valence-corrected chi connectivity index (χ3v) is 3.78. The lowest BCUT2D eigenvalue weighted by atomic mass is 9.99. The van der Waals surface area contributed by atoms with E-state index in [2.05, 4.69) is 0 Å². The van der Waals surface area contributed by atoms with E-state index >= 15 is 0 Å². The number of nitro groups is 1. The summed E-state index contributed by atoms with van der Waals surface area (Å²) in [4.78, 5) is 34.8. The molecule has 1 saturated heterocycles. The van der Waals surface area contributed by atoms with Crippen LogP contribution in [0.5, 0.6) is 0 Å². The molecule has 0 radical (unpaired) electrons. The fourth-order valence-corrected chi connectivity index (χ4v) is 2.51. The first-order valence-electron chi connectivity index (χ1n) is 6.62. The topological polar surface area (TPSA) is 101 Å². The number of carboxylic acids is 1. The summed E-state index contributed by atoms with van der Waals surface area (Å²) in [5.74, 6) is -1.62. The van der Waals surface area contributed by atoms with Gasteiger partial charge < -0.3 is 10.0 Å². The minimum Gasteiger partial charge on any atom is -0.481 e. The van der Waals surface area contributed by atoms with Crippen molar-refractivity contribution in [3.63, 3.8) is 0 Å². The van der Waals surface area contributed by atoms with Gasteiger partial charge in [-0.05, 0) is 11.5 Å². The number of carboxylic acid groups (broad SMARTS) is 1. The van der Waals surface area contributed by atoms with E-state index < -0.39 is 16.8 Å². The number of amides is 1. The van der Waals surface area contributed by atoms with Gasteiger partial charge in [0.1, 0.15) is 0 Å². The van der Waals surface area contributed by atoms with E-state index in [9.17, 15) is 19.7 Å².